The number of hydrogen-bond acceptors (Lipinski definition) is 4. The number of aryl methyl sites for hydroxylation is 1. The quantitative estimate of drug-likeness (QED) is 0.192. The molecular weight excluding hydrogens is 510 g/mol. The molecule has 1 N–H and O–H groups in total. The molecule has 1 aromatic heterocycles. The first-order valence-corrected chi connectivity index (χ1v) is 13.1. The van der Waals surface area contributed by atoms with Gasteiger partial charge in [-0.25, -0.2) is 9.78 Å². The van der Waals surface area contributed by atoms with Crippen molar-refractivity contribution in [2.24, 2.45) is 0 Å². The smallest absolute Gasteiger partial charge is 0.417 e. The fraction of sp³-hybridized carbons (Fsp3) is 0.125. The zero-order chi connectivity index (χ0) is 27.0. The van der Waals surface area contributed by atoms with E-state index in [4.69, 9.17) is 26.1 Å². The topological polar surface area (TPSA) is 65.4 Å². The minimum atomic E-state index is -0.592. The second kappa shape index (κ2) is 12.3. The Morgan fingerprint density at radius 2 is 1.54 bits per heavy atom. The van der Waals surface area contributed by atoms with Gasteiger partial charge < -0.3 is 14.0 Å². The average Bonchev–Trinajstić information content (AvgIpc) is 3.28. The number of benzene rings is 4. The number of halogens is 1. The first-order chi connectivity index (χ1) is 19.1. The maximum Gasteiger partial charge on any atom is 0.417 e. The number of ether oxygens (including phenoxy) is 2. The van der Waals surface area contributed by atoms with E-state index < -0.39 is 6.09 Å². The molecule has 0 saturated heterocycles. The number of hydrogen-bond donors (Lipinski definition) is 1. The van der Waals surface area contributed by atoms with Crippen LogP contribution >= 0.6 is 11.6 Å². The third-order valence-corrected chi connectivity index (χ3v) is 6.39. The van der Waals surface area contributed by atoms with Crippen molar-refractivity contribution >= 4 is 23.4 Å². The molecule has 5 aromatic rings. The van der Waals surface area contributed by atoms with E-state index in [1.165, 1.54) is 0 Å². The lowest BCUT2D eigenvalue weighted by molar-refractivity contribution is 0.215. The number of carbonyl (C=O) groups is 1. The molecule has 1 amide bonds. The van der Waals surface area contributed by atoms with Crippen LogP contribution < -0.4 is 14.8 Å². The fourth-order valence-corrected chi connectivity index (χ4v) is 4.53. The Kier molecular flexibility index (Phi) is 8.24. The molecule has 6 nitrogen and oxygen atoms in total. The zero-order valence-electron chi connectivity index (χ0n) is 21.5. The summed E-state index contributed by atoms with van der Waals surface area (Å²) in [6.45, 7) is 3.35. The molecule has 0 saturated carbocycles. The molecule has 0 aliphatic carbocycles. The Morgan fingerprint density at radius 1 is 0.846 bits per heavy atom. The van der Waals surface area contributed by atoms with Crippen LogP contribution in [0.25, 0.3) is 22.5 Å². The molecule has 0 atom stereocenters. The standard InChI is InChI=1S/C32H28ClN3O3/c1-23-34-30(24-10-4-2-5-11-24)31(25-12-6-3-7-13-25)36(23)20-9-21-38-28-18-16-27(17-19-28)35-32(37)39-29-15-8-14-26(33)22-29/h2-8,10-19,22H,9,20-21H2,1H3,(H,35,37). The summed E-state index contributed by atoms with van der Waals surface area (Å²) in [5.74, 6) is 2.06. The van der Waals surface area contributed by atoms with Crippen molar-refractivity contribution in [1.82, 2.24) is 9.55 Å². The van der Waals surface area contributed by atoms with Crippen molar-refractivity contribution in [3.63, 3.8) is 0 Å². The predicted octanol–water partition coefficient (Wildman–Crippen LogP) is 8.26. The van der Waals surface area contributed by atoms with Crippen LogP contribution in [-0.4, -0.2) is 22.3 Å². The molecule has 0 aliphatic rings. The SMILES string of the molecule is Cc1nc(-c2ccccc2)c(-c2ccccc2)n1CCCOc1ccc(NC(=O)Oc2cccc(Cl)c2)cc1. The van der Waals surface area contributed by atoms with Crippen LogP contribution in [0.2, 0.25) is 5.02 Å². The first-order valence-electron chi connectivity index (χ1n) is 12.7. The van der Waals surface area contributed by atoms with Gasteiger partial charge in [-0.05, 0) is 55.8 Å². The van der Waals surface area contributed by atoms with Crippen LogP contribution in [0.1, 0.15) is 12.2 Å². The molecule has 196 valence electrons. The molecule has 7 heteroatoms. The van der Waals surface area contributed by atoms with Gasteiger partial charge in [0.1, 0.15) is 17.3 Å². The fourth-order valence-electron chi connectivity index (χ4n) is 4.35. The molecular formula is C32H28ClN3O3. The third kappa shape index (κ3) is 6.67. The van der Waals surface area contributed by atoms with E-state index in [-0.39, 0.29) is 0 Å². The number of nitrogens with one attached hydrogen (secondary N) is 1. The Hall–Kier alpha value is -4.55. The van der Waals surface area contributed by atoms with E-state index in [0.29, 0.717) is 23.1 Å². The van der Waals surface area contributed by atoms with Crippen molar-refractivity contribution in [3.05, 3.63) is 120 Å². The summed E-state index contributed by atoms with van der Waals surface area (Å²) in [5, 5.41) is 3.20. The highest BCUT2D eigenvalue weighted by atomic mass is 35.5. The number of amides is 1. The monoisotopic (exact) mass is 537 g/mol. The highest BCUT2D eigenvalue weighted by Crippen LogP contribution is 2.33. The summed E-state index contributed by atoms with van der Waals surface area (Å²) >= 11 is 5.93. The van der Waals surface area contributed by atoms with Gasteiger partial charge in [-0.15, -0.1) is 0 Å². The first kappa shape index (κ1) is 26.1. The van der Waals surface area contributed by atoms with Gasteiger partial charge in [0, 0.05) is 28.4 Å². The Balaban J connectivity index is 1.19. The van der Waals surface area contributed by atoms with Crippen LogP contribution in [0.4, 0.5) is 10.5 Å². The summed E-state index contributed by atoms with van der Waals surface area (Å²) in [6.07, 6.45) is 0.211. The van der Waals surface area contributed by atoms with Crippen LogP contribution in [0.5, 0.6) is 11.5 Å². The number of carbonyl (C=O) groups excluding carboxylic acids is 1. The van der Waals surface area contributed by atoms with E-state index in [1.54, 1.807) is 36.4 Å². The maximum atomic E-state index is 12.2. The van der Waals surface area contributed by atoms with Gasteiger partial charge in [-0.2, -0.15) is 0 Å². The zero-order valence-corrected chi connectivity index (χ0v) is 22.3. The highest BCUT2D eigenvalue weighted by Gasteiger charge is 2.17. The summed E-state index contributed by atoms with van der Waals surface area (Å²) in [5.41, 5.74) is 4.93. The normalized spacial score (nSPS) is 10.7. The largest absolute Gasteiger partial charge is 0.494 e. The molecule has 39 heavy (non-hydrogen) atoms. The number of imidazole rings is 1. The van der Waals surface area contributed by atoms with E-state index in [9.17, 15) is 4.79 Å². The van der Waals surface area contributed by atoms with E-state index in [2.05, 4.69) is 46.3 Å². The van der Waals surface area contributed by atoms with E-state index >= 15 is 0 Å². The van der Waals surface area contributed by atoms with Crippen molar-refractivity contribution in [3.8, 4) is 34.0 Å². The Bertz CT molecular complexity index is 1530. The molecule has 0 aliphatic heterocycles. The van der Waals surface area contributed by atoms with Crippen molar-refractivity contribution < 1.29 is 14.3 Å². The second-order valence-electron chi connectivity index (χ2n) is 8.94. The lowest BCUT2D eigenvalue weighted by Crippen LogP contribution is -2.16. The lowest BCUT2D eigenvalue weighted by atomic mass is 10.0. The molecule has 5 rings (SSSR count). The number of nitrogens with zero attached hydrogens (tertiary/aromatic N) is 2. The van der Waals surface area contributed by atoms with Crippen LogP contribution in [-0.2, 0) is 6.54 Å². The van der Waals surface area contributed by atoms with E-state index in [0.717, 1.165) is 47.1 Å². The van der Waals surface area contributed by atoms with Gasteiger partial charge in [0.15, 0.2) is 0 Å². The van der Waals surface area contributed by atoms with Gasteiger partial charge in [0.05, 0.1) is 18.0 Å². The average molecular weight is 538 g/mol. The Morgan fingerprint density at radius 3 is 2.23 bits per heavy atom. The highest BCUT2D eigenvalue weighted by molar-refractivity contribution is 6.30. The van der Waals surface area contributed by atoms with Gasteiger partial charge in [0.2, 0.25) is 0 Å². The van der Waals surface area contributed by atoms with E-state index in [1.807, 2.05) is 43.3 Å². The van der Waals surface area contributed by atoms with Crippen LogP contribution in [0.3, 0.4) is 0 Å². The summed E-state index contributed by atoms with van der Waals surface area (Å²) in [6, 6.07) is 34.5. The summed E-state index contributed by atoms with van der Waals surface area (Å²) < 4.78 is 13.5. The van der Waals surface area contributed by atoms with Gasteiger partial charge >= 0.3 is 6.09 Å². The minimum absolute atomic E-state index is 0.374. The lowest BCUT2D eigenvalue weighted by Gasteiger charge is -2.13. The molecule has 0 radical (unpaired) electrons. The summed E-state index contributed by atoms with van der Waals surface area (Å²) in [7, 11) is 0. The predicted molar refractivity (Wildman–Crippen MR) is 155 cm³/mol. The van der Waals surface area contributed by atoms with Crippen LogP contribution in [0, 0.1) is 6.92 Å². The van der Waals surface area contributed by atoms with Crippen molar-refractivity contribution in [2.75, 3.05) is 11.9 Å². The second-order valence-corrected chi connectivity index (χ2v) is 9.37. The summed E-state index contributed by atoms with van der Waals surface area (Å²) in [4.78, 5) is 17.1. The number of aromatic nitrogens is 2. The third-order valence-electron chi connectivity index (χ3n) is 6.16. The molecule has 0 spiro atoms. The van der Waals surface area contributed by atoms with Crippen molar-refractivity contribution in [2.45, 2.75) is 19.9 Å². The molecule has 0 fully saturated rings. The van der Waals surface area contributed by atoms with Crippen LogP contribution in [0.15, 0.2) is 109 Å². The Labute approximate surface area is 232 Å². The number of anilines is 1. The van der Waals surface area contributed by atoms with Gasteiger partial charge in [-0.3, -0.25) is 5.32 Å². The molecule has 4 aromatic carbocycles. The molecule has 0 bridgehead atoms. The van der Waals surface area contributed by atoms with Gasteiger partial charge in [0.25, 0.3) is 0 Å². The minimum Gasteiger partial charge on any atom is -0.494 e. The van der Waals surface area contributed by atoms with Gasteiger partial charge in [-0.1, -0.05) is 78.3 Å². The molecule has 1 heterocycles. The number of rotatable bonds is 9. The molecule has 0 unspecified atom stereocenters. The van der Waals surface area contributed by atoms with Crippen molar-refractivity contribution in [1.29, 1.82) is 0 Å². The maximum absolute atomic E-state index is 12.2.